The molecule has 2 aliphatic heterocycles. The number of phenols is 3. The highest BCUT2D eigenvalue weighted by atomic mass is 35.5. The fraction of sp³-hybridized carbons (Fsp3) is 0.444. The van der Waals surface area contributed by atoms with Crippen LogP contribution in [0.4, 0.5) is 0 Å². The Hall–Kier alpha value is -3.26. The van der Waals surface area contributed by atoms with Crippen LogP contribution in [0.1, 0.15) is 0 Å². The van der Waals surface area contributed by atoms with Crippen LogP contribution in [-0.4, -0.2) is 131 Å². The molecule has 17 heteroatoms. The number of aliphatic hydroxyl groups excluding tert-OH is 8. The second-order valence-corrected chi connectivity index (χ2v) is 10.2. The summed E-state index contributed by atoms with van der Waals surface area (Å²) in [5.41, 5.74) is 0.215. The molecule has 2 aromatic carbocycles. The first-order valence-corrected chi connectivity index (χ1v) is 13.0. The Morgan fingerprint density at radius 1 is 0.614 bits per heavy atom. The number of ether oxygens (including phenoxy) is 4. The van der Waals surface area contributed by atoms with Crippen molar-refractivity contribution in [3.63, 3.8) is 0 Å². The molecule has 2 unspecified atom stereocenters. The van der Waals surface area contributed by atoms with Crippen LogP contribution in [0.5, 0.6) is 28.7 Å². The fourth-order valence-electron chi connectivity index (χ4n) is 4.74. The van der Waals surface area contributed by atoms with Gasteiger partial charge in [0, 0.05) is 18.2 Å². The molecule has 3 aromatic rings. The van der Waals surface area contributed by atoms with Gasteiger partial charge in [0.25, 0.3) is 0 Å². The SMILES string of the molecule is Oc1cc(OCC2O[C@@H](O)[C@@H](O)[C@H](O)[C@H]2O)c2cc(OCC3O[C@@H](O)[C@@H](O)[C@H](O)[C@H]3O)c(-c3ccc(O)c(O)c3)[o+]c2c1.[Cl-]. The molecular weight excluding hydrogens is 616 g/mol. The summed E-state index contributed by atoms with van der Waals surface area (Å²) in [6.07, 6.45) is -16.5. The number of benzene rings is 2. The molecule has 0 radical (unpaired) electrons. The van der Waals surface area contributed by atoms with Crippen LogP contribution in [-0.2, 0) is 9.47 Å². The summed E-state index contributed by atoms with van der Waals surface area (Å²) in [6.45, 7) is -0.959. The third kappa shape index (κ3) is 6.56. The summed E-state index contributed by atoms with van der Waals surface area (Å²) in [5.74, 6) is -1.39. The zero-order chi connectivity index (χ0) is 31.2. The van der Waals surface area contributed by atoms with E-state index in [0.29, 0.717) is 0 Å². The first-order valence-electron chi connectivity index (χ1n) is 13.0. The van der Waals surface area contributed by atoms with Crippen LogP contribution >= 0.6 is 0 Å². The summed E-state index contributed by atoms with van der Waals surface area (Å²) in [5, 5.41) is 110. The van der Waals surface area contributed by atoms with E-state index in [9.17, 15) is 56.2 Å². The molecule has 2 aliphatic rings. The van der Waals surface area contributed by atoms with Gasteiger partial charge in [-0.1, -0.05) is 0 Å². The third-order valence-corrected chi connectivity index (χ3v) is 7.22. The number of rotatable bonds is 7. The maximum atomic E-state index is 10.4. The van der Waals surface area contributed by atoms with Crippen molar-refractivity contribution >= 4 is 11.0 Å². The lowest BCUT2D eigenvalue weighted by Crippen LogP contribution is -3.00. The zero-order valence-electron chi connectivity index (χ0n) is 22.5. The average Bonchev–Trinajstić information content (AvgIpc) is 2.98. The molecule has 0 aliphatic carbocycles. The molecule has 0 bridgehead atoms. The van der Waals surface area contributed by atoms with Gasteiger partial charge in [0.2, 0.25) is 5.75 Å². The van der Waals surface area contributed by atoms with Crippen molar-refractivity contribution in [1.29, 1.82) is 0 Å². The molecule has 5 rings (SSSR count). The Morgan fingerprint density at radius 2 is 1.16 bits per heavy atom. The standard InChI is InChI=1S/C27H30O16.ClH/c28-10-4-14(39-7-17-19(31)21(33)23(35)26(37)42-17)11-6-16(40-8-18-20(32)22(34)24(36)27(38)43-18)25(41-15(11)5-10)9-1-2-12(29)13(30)3-9;/h1-6,17-24,26-27,31-38H,7-8H2,(H2-,28,29,30);1H/t17?,18?,19-,20-,21+,22+,23-,24-,26+,27+;/m0./s1. The van der Waals surface area contributed by atoms with E-state index in [1.54, 1.807) is 0 Å². The first-order chi connectivity index (χ1) is 20.3. The van der Waals surface area contributed by atoms with Crippen molar-refractivity contribution in [2.75, 3.05) is 13.2 Å². The van der Waals surface area contributed by atoms with Crippen molar-refractivity contribution in [2.24, 2.45) is 0 Å². The molecule has 1 aromatic heterocycles. The molecule has 2 saturated heterocycles. The Bertz CT molecular complexity index is 1460. The fourth-order valence-corrected chi connectivity index (χ4v) is 4.74. The summed E-state index contributed by atoms with van der Waals surface area (Å²) in [7, 11) is 0. The predicted molar refractivity (Wildman–Crippen MR) is 140 cm³/mol. The molecule has 44 heavy (non-hydrogen) atoms. The second-order valence-electron chi connectivity index (χ2n) is 10.2. The second kappa shape index (κ2) is 13.4. The van der Waals surface area contributed by atoms with Crippen LogP contribution in [0.2, 0.25) is 0 Å². The number of aliphatic hydroxyl groups is 8. The van der Waals surface area contributed by atoms with Crippen LogP contribution in [0.15, 0.2) is 40.8 Å². The van der Waals surface area contributed by atoms with E-state index in [-0.39, 0.29) is 51.9 Å². The summed E-state index contributed by atoms with van der Waals surface area (Å²) >= 11 is 0. The number of hydrogen-bond donors (Lipinski definition) is 11. The van der Waals surface area contributed by atoms with Gasteiger partial charge in [-0.15, -0.1) is 0 Å². The van der Waals surface area contributed by atoms with Gasteiger partial charge in [-0.3, -0.25) is 0 Å². The van der Waals surface area contributed by atoms with Crippen LogP contribution in [0.3, 0.4) is 0 Å². The van der Waals surface area contributed by atoms with Crippen molar-refractivity contribution in [1.82, 2.24) is 0 Å². The van der Waals surface area contributed by atoms with Gasteiger partial charge in [0.1, 0.15) is 78.9 Å². The minimum absolute atomic E-state index is 0. The van der Waals surface area contributed by atoms with Crippen LogP contribution in [0, 0.1) is 0 Å². The molecule has 0 amide bonds. The summed E-state index contributed by atoms with van der Waals surface area (Å²) in [6, 6.07) is 7.53. The van der Waals surface area contributed by atoms with Gasteiger partial charge >= 0.3 is 11.3 Å². The monoisotopic (exact) mass is 646 g/mol. The minimum atomic E-state index is -1.82. The normalized spacial score (nSPS) is 32.2. The number of halogens is 1. The number of hydrogen-bond acceptors (Lipinski definition) is 15. The van der Waals surface area contributed by atoms with Gasteiger partial charge in [-0.2, -0.15) is 0 Å². The molecule has 11 N–H and O–H groups in total. The number of aromatic hydroxyl groups is 3. The van der Waals surface area contributed by atoms with Crippen molar-refractivity contribution in [2.45, 2.75) is 61.4 Å². The Balaban J connectivity index is 0.00000442. The Kier molecular flexibility index (Phi) is 10.2. The summed E-state index contributed by atoms with van der Waals surface area (Å²) in [4.78, 5) is 0. The topological polar surface area (TPSA) is 271 Å². The largest absolute Gasteiger partial charge is 1.00 e. The summed E-state index contributed by atoms with van der Waals surface area (Å²) < 4.78 is 27.9. The maximum absolute atomic E-state index is 10.4. The Morgan fingerprint density at radius 3 is 1.70 bits per heavy atom. The lowest BCUT2D eigenvalue weighted by Gasteiger charge is -2.38. The molecule has 0 saturated carbocycles. The third-order valence-electron chi connectivity index (χ3n) is 7.22. The van der Waals surface area contributed by atoms with Gasteiger partial charge in [-0.25, -0.2) is 4.42 Å². The quantitative estimate of drug-likeness (QED) is 0.0846. The van der Waals surface area contributed by atoms with E-state index in [1.807, 2.05) is 0 Å². The van der Waals surface area contributed by atoms with Crippen molar-refractivity contribution in [3.8, 4) is 40.1 Å². The van der Waals surface area contributed by atoms with E-state index < -0.39 is 86.1 Å². The number of phenolic OH excluding ortho intramolecular Hbond substituents is 3. The number of fused-ring (bicyclic) bond motifs is 1. The lowest BCUT2D eigenvalue weighted by atomic mass is 9.99. The van der Waals surface area contributed by atoms with Crippen molar-refractivity contribution < 1.29 is 91.9 Å². The van der Waals surface area contributed by atoms with Gasteiger partial charge < -0.3 is 87.5 Å². The molecule has 2 fully saturated rings. The molecular formula is C27H31ClO16. The molecule has 0 spiro atoms. The van der Waals surface area contributed by atoms with E-state index in [0.717, 1.165) is 6.07 Å². The van der Waals surface area contributed by atoms with Gasteiger partial charge in [0.05, 0.1) is 11.6 Å². The minimum Gasteiger partial charge on any atom is -1.00 e. The first kappa shape index (κ1) is 33.6. The maximum Gasteiger partial charge on any atom is 0.402 e. The lowest BCUT2D eigenvalue weighted by molar-refractivity contribution is -0.285. The van der Waals surface area contributed by atoms with Crippen LogP contribution in [0.25, 0.3) is 22.3 Å². The van der Waals surface area contributed by atoms with Crippen LogP contribution < -0.4 is 21.9 Å². The smallest absolute Gasteiger partial charge is 0.402 e. The van der Waals surface area contributed by atoms with Gasteiger partial charge in [-0.05, 0) is 12.1 Å². The molecule has 10 atom stereocenters. The van der Waals surface area contributed by atoms with E-state index in [4.69, 9.17) is 23.4 Å². The van der Waals surface area contributed by atoms with E-state index >= 15 is 0 Å². The highest BCUT2D eigenvalue weighted by Crippen LogP contribution is 2.42. The van der Waals surface area contributed by atoms with E-state index in [2.05, 4.69) is 0 Å². The zero-order valence-corrected chi connectivity index (χ0v) is 23.2. The van der Waals surface area contributed by atoms with Gasteiger partial charge in [0.15, 0.2) is 24.1 Å². The van der Waals surface area contributed by atoms with Crippen molar-refractivity contribution in [3.05, 3.63) is 36.4 Å². The molecule has 242 valence electrons. The Labute approximate surface area is 254 Å². The average molecular weight is 647 g/mol. The molecule has 3 heterocycles. The highest BCUT2D eigenvalue weighted by Gasteiger charge is 2.44. The molecule has 16 nitrogen and oxygen atoms in total. The van der Waals surface area contributed by atoms with E-state index in [1.165, 1.54) is 30.3 Å². The highest BCUT2D eigenvalue weighted by molar-refractivity contribution is 5.89. The predicted octanol–water partition coefficient (Wildman–Crippen LogP) is -5.14.